The van der Waals surface area contributed by atoms with Crippen LogP contribution in [-0.2, 0) is 31.7 Å². The zero-order valence-electron chi connectivity index (χ0n) is 30.1. The summed E-state index contributed by atoms with van der Waals surface area (Å²) < 4.78 is 42.0. The normalized spacial score (nSPS) is 19.6. The molecule has 4 aromatic heterocycles. The summed E-state index contributed by atoms with van der Waals surface area (Å²) in [6.07, 6.45) is 8.15. The molecule has 55 heavy (non-hydrogen) atoms. The molecule has 282 valence electrons. The van der Waals surface area contributed by atoms with Gasteiger partial charge in [0.1, 0.15) is 29.0 Å². The molecule has 0 unspecified atom stereocenters. The quantitative estimate of drug-likeness (QED) is 0.173. The highest BCUT2D eigenvalue weighted by atomic mass is 79.9. The van der Waals surface area contributed by atoms with Gasteiger partial charge in [0.05, 0.1) is 27.4 Å². The summed E-state index contributed by atoms with van der Waals surface area (Å²) in [7, 11) is 5.11. The summed E-state index contributed by atoms with van der Waals surface area (Å²) in [4.78, 5) is 34.0. The van der Waals surface area contributed by atoms with Crippen molar-refractivity contribution in [3.63, 3.8) is 0 Å². The fourth-order valence-corrected chi connectivity index (χ4v) is 9.37. The third kappa shape index (κ3) is 5.78. The van der Waals surface area contributed by atoms with E-state index in [1.54, 1.807) is 46.0 Å². The zero-order valence-corrected chi connectivity index (χ0v) is 33.2. The number of amides is 1. The van der Waals surface area contributed by atoms with E-state index in [0.29, 0.717) is 51.0 Å². The Morgan fingerprint density at radius 2 is 1.20 bits per heavy atom. The number of rotatable bonds is 6. The zero-order chi connectivity index (χ0) is 38.4. The molecule has 2 aliphatic carbocycles. The number of carbonyl (C=O) groups is 2. The maximum atomic E-state index is 14.2. The van der Waals surface area contributed by atoms with Gasteiger partial charge in [-0.3, -0.25) is 14.2 Å². The standard InChI is InChI=1S/C20H18BrFN4O2.C19H17BrFN5O/c1-25-11(3-4-23-25)7-17-18(20(27)28-2)24-19-14-8-15(21)16(22)9-13(14)10-5-12(6-10)26(17)19;1-25-10(2-3-23-25)6-16-17(18(22)27)24-19-13-7-14(20)15(21)8-12(13)9-4-11(5-9)26(16)19/h3-4,8-10,12H,5-7H2,1-2H3;2-3,7-9,11H,4-6H2,1H3,(H2,22,27). The van der Waals surface area contributed by atoms with E-state index in [-0.39, 0.29) is 29.4 Å². The van der Waals surface area contributed by atoms with Gasteiger partial charge in [0.25, 0.3) is 5.91 Å². The SMILES string of the molecule is COC(=O)c1nc2n(c1Cc1ccnn1C)C1CC(C1)c1cc(F)c(Br)cc1-2.Cn1nccc1Cc1c(C(N)=O)nc2n1C1CC(C1)c1cc(F)c(Br)cc1-2. The van der Waals surface area contributed by atoms with Gasteiger partial charge in [-0.25, -0.2) is 23.5 Å². The number of halogens is 4. The van der Waals surface area contributed by atoms with Crippen LogP contribution in [0.4, 0.5) is 8.78 Å². The molecule has 4 aliphatic heterocycles. The summed E-state index contributed by atoms with van der Waals surface area (Å²) in [5.74, 6) is 0.474. The third-order valence-corrected chi connectivity index (χ3v) is 12.9. The minimum Gasteiger partial charge on any atom is -0.464 e. The summed E-state index contributed by atoms with van der Waals surface area (Å²) in [5.41, 5.74) is 13.5. The Bertz CT molecular complexity index is 2560. The van der Waals surface area contributed by atoms with Crippen LogP contribution in [0.2, 0.25) is 0 Å². The molecule has 2 aromatic carbocycles. The molecule has 0 atom stereocenters. The number of esters is 1. The van der Waals surface area contributed by atoms with Crippen LogP contribution in [0.3, 0.4) is 0 Å². The van der Waals surface area contributed by atoms with Crippen LogP contribution in [0.15, 0.2) is 57.7 Å². The molecular weight excluding hydrogens is 840 g/mol. The van der Waals surface area contributed by atoms with E-state index in [4.69, 9.17) is 15.5 Å². The topological polar surface area (TPSA) is 141 Å². The van der Waals surface area contributed by atoms with E-state index in [1.165, 1.54) is 7.11 Å². The van der Waals surface area contributed by atoms with E-state index < -0.39 is 11.9 Å². The van der Waals surface area contributed by atoms with Crippen LogP contribution in [0, 0.1) is 11.6 Å². The molecule has 0 radical (unpaired) electrons. The van der Waals surface area contributed by atoms with Gasteiger partial charge in [-0.2, -0.15) is 10.2 Å². The van der Waals surface area contributed by atoms with Gasteiger partial charge in [0.2, 0.25) is 0 Å². The number of benzene rings is 2. The van der Waals surface area contributed by atoms with E-state index >= 15 is 0 Å². The summed E-state index contributed by atoms with van der Waals surface area (Å²) in [5, 5.41) is 8.44. The first-order chi connectivity index (χ1) is 26.4. The average molecular weight is 876 g/mol. The lowest BCUT2D eigenvalue weighted by Crippen LogP contribution is -2.26. The molecule has 12 rings (SSSR count). The van der Waals surface area contributed by atoms with E-state index in [1.807, 2.05) is 26.2 Å². The second-order valence-electron chi connectivity index (χ2n) is 14.7. The Balaban J connectivity index is 0.000000144. The lowest BCUT2D eigenvalue weighted by Gasteiger charge is -2.35. The molecule has 12 nitrogen and oxygen atoms in total. The highest BCUT2D eigenvalue weighted by molar-refractivity contribution is 9.10. The predicted octanol–water partition coefficient (Wildman–Crippen LogP) is 7.30. The number of aryl methyl sites for hydroxylation is 2. The van der Waals surface area contributed by atoms with Crippen LogP contribution in [0.25, 0.3) is 22.8 Å². The lowest BCUT2D eigenvalue weighted by atomic mass is 9.75. The largest absolute Gasteiger partial charge is 0.464 e. The Labute approximate surface area is 331 Å². The summed E-state index contributed by atoms with van der Waals surface area (Å²) in [6, 6.07) is 11.1. The summed E-state index contributed by atoms with van der Waals surface area (Å²) in [6.45, 7) is 0. The molecular formula is C39H35Br2F2N9O3. The molecule has 2 N–H and O–H groups in total. The molecule has 2 fully saturated rings. The van der Waals surface area contributed by atoms with Crippen molar-refractivity contribution in [2.24, 2.45) is 19.8 Å². The monoisotopic (exact) mass is 873 g/mol. The molecule has 0 saturated heterocycles. The number of methoxy groups -OCH3 is 1. The van der Waals surface area contributed by atoms with Crippen molar-refractivity contribution in [1.82, 2.24) is 38.7 Å². The number of aromatic nitrogens is 8. The van der Waals surface area contributed by atoms with Gasteiger partial charge in [-0.15, -0.1) is 0 Å². The maximum Gasteiger partial charge on any atom is 0.358 e. The number of hydrogen-bond acceptors (Lipinski definition) is 7. The smallest absolute Gasteiger partial charge is 0.358 e. The van der Waals surface area contributed by atoms with Crippen LogP contribution >= 0.6 is 31.9 Å². The van der Waals surface area contributed by atoms with E-state index in [2.05, 4.69) is 56.2 Å². The number of hydrogen-bond donors (Lipinski definition) is 1. The first-order valence-corrected chi connectivity index (χ1v) is 19.5. The third-order valence-electron chi connectivity index (χ3n) is 11.7. The Hall–Kier alpha value is -4.96. The van der Waals surface area contributed by atoms with Crippen LogP contribution in [0.1, 0.15) is 104 Å². The molecule has 16 heteroatoms. The number of imidazole rings is 2. The van der Waals surface area contributed by atoms with Crippen LogP contribution < -0.4 is 5.73 Å². The number of primary amides is 1. The van der Waals surface area contributed by atoms with Gasteiger partial charge < -0.3 is 19.6 Å². The number of ether oxygens (including phenoxy) is 1. The molecule has 2 saturated carbocycles. The van der Waals surface area contributed by atoms with Crippen LogP contribution in [-0.4, -0.2) is 57.6 Å². The lowest BCUT2D eigenvalue weighted by molar-refractivity contribution is 0.0592. The second-order valence-corrected chi connectivity index (χ2v) is 16.4. The molecule has 6 aliphatic rings. The second kappa shape index (κ2) is 13.4. The fraction of sp³-hybridized carbons (Fsp3) is 0.333. The van der Waals surface area contributed by atoms with E-state index in [0.717, 1.165) is 70.7 Å². The Kier molecular flexibility index (Phi) is 8.68. The van der Waals surface area contributed by atoms with Gasteiger partial charge in [-0.1, -0.05) is 0 Å². The van der Waals surface area contributed by atoms with Crippen molar-refractivity contribution in [3.8, 4) is 22.8 Å². The minimum atomic E-state index is -0.550. The van der Waals surface area contributed by atoms with Gasteiger partial charge in [-0.05, 0) is 117 Å². The first-order valence-electron chi connectivity index (χ1n) is 17.9. The van der Waals surface area contributed by atoms with Crippen molar-refractivity contribution in [2.75, 3.05) is 7.11 Å². The predicted molar refractivity (Wildman–Crippen MR) is 205 cm³/mol. The minimum absolute atomic E-state index is 0.239. The summed E-state index contributed by atoms with van der Waals surface area (Å²) >= 11 is 6.58. The van der Waals surface area contributed by atoms with Gasteiger partial charge in [0, 0.05) is 73.9 Å². The number of carbonyl (C=O) groups excluding carboxylic acids is 2. The Morgan fingerprint density at radius 3 is 1.60 bits per heavy atom. The fourth-order valence-electron chi connectivity index (χ4n) is 8.68. The number of nitrogens with two attached hydrogens (primary N) is 1. The van der Waals surface area contributed by atoms with Crippen molar-refractivity contribution in [2.45, 2.75) is 62.4 Å². The Morgan fingerprint density at radius 1 is 0.764 bits per heavy atom. The maximum absolute atomic E-state index is 14.2. The highest BCUT2D eigenvalue weighted by Gasteiger charge is 2.43. The van der Waals surface area contributed by atoms with E-state index in [9.17, 15) is 18.4 Å². The highest BCUT2D eigenvalue weighted by Crippen LogP contribution is 2.55. The van der Waals surface area contributed by atoms with Gasteiger partial charge in [0.15, 0.2) is 5.69 Å². The van der Waals surface area contributed by atoms with Crippen molar-refractivity contribution in [1.29, 1.82) is 0 Å². The van der Waals surface area contributed by atoms with Gasteiger partial charge >= 0.3 is 5.97 Å². The molecule has 1 amide bonds. The first kappa shape index (κ1) is 35.7. The van der Waals surface area contributed by atoms with Crippen molar-refractivity contribution in [3.05, 3.63) is 115 Å². The molecule has 0 spiro atoms. The number of nitrogens with zero attached hydrogens (tertiary/aromatic N) is 8. The van der Waals surface area contributed by atoms with Crippen molar-refractivity contribution < 1.29 is 23.1 Å². The molecule has 6 aromatic rings. The average Bonchev–Trinajstić information content (AvgIpc) is 3.84. The van der Waals surface area contributed by atoms with Crippen molar-refractivity contribution >= 4 is 43.7 Å². The van der Waals surface area contributed by atoms with Crippen LogP contribution in [0.5, 0.6) is 0 Å². The molecule has 8 heterocycles. The molecule has 4 bridgehead atoms.